The summed E-state index contributed by atoms with van der Waals surface area (Å²) >= 11 is 6.00. The summed E-state index contributed by atoms with van der Waals surface area (Å²) in [5.74, 6) is 1.86. The molecule has 4 rings (SSSR count). The summed E-state index contributed by atoms with van der Waals surface area (Å²) in [7, 11) is 0. The van der Waals surface area contributed by atoms with Crippen LogP contribution in [-0.4, -0.2) is 0 Å². The van der Waals surface area contributed by atoms with Crippen molar-refractivity contribution in [3.05, 3.63) is 106 Å². The van der Waals surface area contributed by atoms with E-state index in [2.05, 4.69) is 67.6 Å². The van der Waals surface area contributed by atoms with E-state index >= 15 is 0 Å². The van der Waals surface area contributed by atoms with Crippen molar-refractivity contribution in [2.75, 3.05) is 0 Å². The molecule has 0 aromatic heterocycles. The third-order valence-corrected chi connectivity index (χ3v) is 9.13. The van der Waals surface area contributed by atoms with Gasteiger partial charge in [0.05, 0.1) is 0 Å². The fourth-order valence-electron chi connectivity index (χ4n) is 6.17. The predicted octanol–water partition coefficient (Wildman–Crippen LogP) is 11.0. The van der Waals surface area contributed by atoms with E-state index in [1.807, 2.05) is 12.1 Å². The fraction of sp³-hybridized carbons (Fsp3) is 0.514. The molecular formula is C37H49Cl. The van der Waals surface area contributed by atoms with Gasteiger partial charge < -0.3 is 0 Å². The van der Waals surface area contributed by atoms with E-state index in [9.17, 15) is 0 Å². The zero-order valence-corrected chi connectivity index (χ0v) is 24.5. The fourth-order valence-corrected chi connectivity index (χ4v) is 6.29. The standard InChI is InChI=1S/C37H49Cl/c1-2-3-4-5-6-7-30-8-10-31(11-9-30)12-13-32-14-16-33(17-15-32)18-19-34-20-22-35(23-21-34)24-25-36-26-28-37(38)29-27-36/h8-11,20-23,26-29,32-33H,2-7,12-19,24-25H2,1H3/t32-,33-. The van der Waals surface area contributed by atoms with Crippen LogP contribution >= 0.6 is 11.6 Å². The molecule has 38 heavy (non-hydrogen) atoms. The smallest absolute Gasteiger partial charge is 0.0406 e. The zero-order chi connectivity index (χ0) is 26.4. The topological polar surface area (TPSA) is 0 Å². The maximum absolute atomic E-state index is 6.00. The van der Waals surface area contributed by atoms with Crippen LogP contribution in [0.25, 0.3) is 0 Å². The summed E-state index contributed by atoms with van der Waals surface area (Å²) in [6.07, 6.45) is 21.2. The minimum atomic E-state index is 0.816. The Morgan fingerprint density at radius 2 is 0.842 bits per heavy atom. The molecule has 0 nitrogen and oxygen atoms in total. The lowest BCUT2D eigenvalue weighted by Crippen LogP contribution is -2.15. The molecule has 1 fully saturated rings. The first-order chi connectivity index (χ1) is 18.7. The summed E-state index contributed by atoms with van der Waals surface area (Å²) < 4.78 is 0. The molecule has 0 atom stereocenters. The van der Waals surface area contributed by atoms with Crippen molar-refractivity contribution in [3.8, 4) is 0 Å². The van der Waals surface area contributed by atoms with Gasteiger partial charge in [-0.2, -0.15) is 0 Å². The van der Waals surface area contributed by atoms with Crippen LogP contribution in [0.3, 0.4) is 0 Å². The highest BCUT2D eigenvalue weighted by atomic mass is 35.5. The Hall–Kier alpha value is -2.05. The van der Waals surface area contributed by atoms with E-state index in [1.54, 1.807) is 5.56 Å². The first-order valence-electron chi connectivity index (χ1n) is 15.6. The minimum Gasteiger partial charge on any atom is -0.0843 e. The molecular weight excluding hydrogens is 480 g/mol. The van der Waals surface area contributed by atoms with Crippen LogP contribution in [0.5, 0.6) is 0 Å². The maximum atomic E-state index is 6.00. The van der Waals surface area contributed by atoms with Crippen LogP contribution in [0.15, 0.2) is 72.8 Å². The van der Waals surface area contributed by atoms with E-state index in [-0.39, 0.29) is 0 Å². The van der Waals surface area contributed by atoms with Gasteiger partial charge in [0.25, 0.3) is 0 Å². The molecule has 0 unspecified atom stereocenters. The molecule has 3 aromatic rings. The normalized spacial score (nSPS) is 17.5. The van der Waals surface area contributed by atoms with Crippen molar-refractivity contribution < 1.29 is 0 Å². The van der Waals surface area contributed by atoms with Crippen molar-refractivity contribution >= 4 is 11.6 Å². The number of hydrogen-bond donors (Lipinski definition) is 0. The van der Waals surface area contributed by atoms with Crippen LogP contribution in [0.4, 0.5) is 0 Å². The second-order valence-corrected chi connectivity index (χ2v) is 12.3. The van der Waals surface area contributed by atoms with Gasteiger partial charge >= 0.3 is 0 Å². The number of rotatable bonds is 15. The number of aryl methyl sites for hydroxylation is 5. The third kappa shape index (κ3) is 10.3. The van der Waals surface area contributed by atoms with Gasteiger partial charge in [0.1, 0.15) is 0 Å². The van der Waals surface area contributed by atoms with E-state index in [1.165, 1.54) is 112 Å². The maximum Gasteiger partial charge on any atom is 0.0406 e. The third-order valence-electron chi connectivity index (χ3n) is 8.88. The first kappa shape index (κ1) is 28.9. The van der Waals surface area contributed by atoms with Gasteiger partial charge in [-0.15, -0.1) is 0 Å². The highest BCUT2D eigenvalue weighted by Gasteiger charge is 2.21. The van der Waals surface area contributed by atoms with Gasteiger partial charge in [-0.1, -0.05) is 131 Å². The van der Waals surface area contributed by atoms with Crippen LogP contribution in [0.2, 0.25) is 5.02 Å². The van der Waals surface area contributed by atoms with Gasteiger partial charge in [0.15, 0.2) is 0 Å². The molecule has 0 N–H and O–H groups in total. The Kier molecular flexibility index (Phi) is 12.3. The summed E-state index contributed by atoms with van der Waals surface area (Å²) in [6, 6.07) is 27.2. The molecule has 0 heterocycles. The predicted molar refractivity (Wildman–Crippen MR) is 166 cm³/mol. The molecule has 0 bridgehead atoms. The van der Waals surface area contributed by atoms with Crippen molar-refractivity contribution in [2.45, 2.75) is 110 Å². The number of hydrogen-bond acceptors (Lipinski definition) is 0. The van der Waals surface area contributed by atoms with Crippen LogP contribution in [-0.2, 0) is 32.1 Å². The Bertz CT molecular complexity index is 1020. The number of benzene rings is 3. The summed E-state index contributed by atoms with van der Waals surface area (Å²) in [6.45, 7) is 2.29. The molecule has 1 saturated carbocycles. The molecule has 1 aliphatic carbocycles. The second-order valence-electron chi connectivity index (χ2n) is 11.9. The summed E-state index contributed by atoms with van der Waals surface area (Å²) in [4.78, 5) is 0. The zero-order valence-electron chi connectivity index (χ0n) is 23.8. The molecule has 0 radical (unpaired) electrons. The molecule has 0 amide bonds. The molecule has 0 spiro atoms. The second kappa shape index (κ2) is 16.1. The molecule has 3 aromatic carbocycles. The van der Waals surface area contributed by atoms with E-state index in [0.717, 1.165) is 29.7 Å². The molecule has 1 aliphatic rings. The van der Waals surface area contributed by atoms with Gasteiger partial charge in [-0.05, 0) is 103 Å². The van der Waals surface area contributed by atoms with E-state index in [4.69, 9.17) is 11.6 Å². The number of halogens is 1. The molecule has 204 valence electrons. The lowest BCUT2D eigenvalue weighted by molar-refractivity contribution is 0.253. The number of unbranched alkanes of at least 4 members (excludes halogenated alkanes) is 4. The van der Waals surface area contributed by atoms with Crippen molar-refractivity contribution in [2.24, 2.45) is 11.8 Å². The SMILES string of the molecule is CCCCCCCc1ccc(CC[C@H]2CC[C@H](CCc3ccc(CCc4ccc(Cl)cc4)cc3)CC2)cc1. The molecule has 1 heteroatoms. The highest BCUT2D eigenvalue weighted by molar-refractivity contribution is 6.30. The van der Waals surface area contributed by atoms with Crippen molar-refractivity contribution in [1.29, 1.82) is 0 Å². The summed E-state index contributed by atoms with van der Waals surface area (Å²) in [5, 5.41) is 0.816. The molecule has 0 saturated heterocycles. The monoisotopic (exact) mass is 528 g/mol. The van der Waals surface area contributed by atoms with Gasteiger partial charge in [-0.25, -0.2) is 0 Å². The largest absolute Gasteiger partial charge is 0.0843 e. The average Bonchev–Trinajstić information content (AvgIpc) is 2.96. The van der Waals surface area contributed by atoms with E-state index < -0.39 is 0 Å². The Balaban J connectivity index is 1.08. The van der Waals surface area contributed by atoms with Gasteiger partial charge in [-0.3, -0.25) is 0 Å². The van der Waals surface area contributed by atoms with Gasteiger partial charge in [0, 0.05) is 5.02 Å². The van der Waals surface area contributed by atoms with Crippen LogP contribution in [0, 0.1) is 11.8 Å². The van der Waals surface area contributed by atoms with E-state index in [0.29, 0.717) is 0 Å². The van der Waals surface area contributed by atoms with Crippen LogP contribution < -0.4 is 0 Å². The van der Waals surface area contributed by atoms with Gasteiger partial charge in [0.2, 0.25) is 0 Å². The van der Waals surface area contributed by atoms with Crippen LogP contribution in [0.1, 0.15) is 105 Å². The quantitative estimate of drug-likeness (QED) is 0.172. The molecule has 0 aliphatic heterocycles. The lowest BCUT2D eigenvalue weighted by Gasteiger charge is -2.28. The lowest BCUT2D eigenvalue weighted by atomic mass is 9.77. The average molecular weight is 529 g/mol. The van der Waals surface area contributed by atoms with Crippen molar-refractivity contribution in [1.82, 2.24) is 0 Å². The van der Waals surface area contributed by atoms with Crippen molar-refractivity contribution in [3.63, 3.8) is 0 Å². The first-order valence-corrected chi connectivity index (χ1v) is 16.0. The highest BCUT2D eigenvalue weighted by Crippen LogP contribution is 2.34. The Labute approximate surface area is 238 Å². The Morgan fingerprint density at radius 1 is 0.474 bits per heavy atom. The minimum absolute atomic E-state index is 0.816. The Morgan fingerprint density at radius 3 is 1.29 bits per heavy atom. The summed E-state index contributed by atoms with van der Waals surface area (Å²) in [5.41, 5.74) is 7.36.